The fourth-order valence-electron chi connectivity index (χ4n) is 2.88. The number of hydrogen-bond donors (Lipinski definition) is 1. The topological polar surface area (TPSA) is 64.8 Å². The molecule has 1 aromatic carbocycles. The number of methoxy groups -OCH3 is 2. The molecule has 0 saturated carbocycles. The zero-order valence-corrected chi connectivity index (χ0v) is 13.0. The Kier molecular flexibility index (Phi) is 5.07. The number of carbonyl (C=O) groups is 1. The average molecular weight is 292 g/mol. The van der Waals surface area contributed by atoms with Crippen LogP contribution in [0.4, 0.5) is 0 Å². The van der Waals surface area contributed by atoms with Gasteiger partial charge in [-0.15, -0.1) is 0 Å². The molecule has 2 rings (SSSR count). The third-order valence-electron chi connectivity index (χ3n) is 4.14. The van der Waals surface area contributed by atoms with Gasteiger partial charge in [0.2, 0.25) is 0 Å². The Labute approximate surface area is 126 Å². The lowest BCUT2D eigenvalue weighted by molar-refractivity contribution is 0.0573. The lowest BCUT2D eigenvalue weighted by atomic mass is 9.92. The molecule has 1 aliphatic heterocycles. The van der Waals surface area contributed by atoms with Gasteiger partial charge < -0.3 is 20.1 Å². The van der Waals surface area contributed by atoms with Gasteiger partial charge in [0.1, 0.15) is 0 Å². The first-order chi connectivity index (χ1) is 10.1. The number of likely N-dealkylation sites (tertiary alicyclic amines) is 1. The first kappa shape index (κ1) is 15.6. The summed E-state index contributed by atoms with van der Waals surface area (Å²) >= 11 is 0. The van der Waals surface area contributed by atoms with Crippen LogP contribution in [0.15, 0.2) is 18.2 Å². The molecule has 0 radical (unpaired) electrons. The van der Waals surface area contributed by atoms with E-state index < -0.39 is 0 Å². The minimum atomic E-state index is 0.0123. The molecule has 1 heterocycles. The van der Waals surface area contributed by atoms with E-state index in [0.29, 0.717) is 29.5 Å². The lowest BCUT2D eigenvalue weighted by Crippen LogP contribution is -2.49. The van der Waals surface area contributed by atoms with E-state index >= 15 is 0 Å². The van der Waals surface area contributed by atoms with Crippen LogP contribution in [0.25, 0.3) is 0 Å². The third-order valence-corrected chi connectivity index (χ3v) is 4.14. The Hall–Kier alpha value is -1.75. The number of piperidine rings is 1. The van der Waals surface area contributed by atoms with Crippen molar-refractivity contribution < 1.29 is 14.3 Å². The summed E-state index contributed by atoms with van der Waals surface area (Å²) in [5, 5.41) is 0. The van der Waals surface area contributed by atoms with Crippen LogP contribution >= 0.6 is 0 Å². The minimum absolute atomic E-state index is 0.0123. The zero-order chi connectivity index (χ0) is 15.4. The molecule has 2 atom stereocenters. The Balaban J connectivity index is 2.22. The molecule has 5 nitrogen and oxygen atoms in total. The van der Waals surface area contributed by atoms with Crippen LogP contribution < -0.4 is 15.2 Å². The maximum atomic E-state index is 12.7. The summed E-state index contributed by atoms with van der Waals surface area (Å²) in [6, 6.07) is 5.38. The standard InChI is InChI=1S/C16H24N2O3/c1-11-6-7-18(13(8-11)10-17)16(19)12-4-5-14(20-2)15(9-12)21-3/h4-5,9,11,13H,6-8,10,17H2,1-3H3. The van der Waals surface area contributed by atoms with E-state index in [0.717, 1.165) is 19.4 Å². The fourth-order valence-corrected chi connectivity index (χ4v) is 2.88. The van der Waals surface area contributed by atoms with Gasteiger partial charge in [0.15, 0.2) is 11.5 Å². The van der Waals surface area contributed by atoms with Crippen LogP contribution in [0.2, 0.25) is 0 Å². The van der Waals surface area contributed by atoms with Gasteiger partial charge in [0.05, 0.1) is 14.2 Å². The van der Waals surface area contributed by atoms with E-state index in [-0.39, 0.29) is 11.9 Å². The average Bonchev–Trinajstić information content (AvgIpc) is 2.53. The minimum Gasteiger partial charge on any atom is -0.493 e. The van der Waals surface area contributed by atoms with Gasteiger partial charge in [0.25, 0.3) is 5.91 Å². The predicted octanol–water partition coefficient (Wildman–Crippen LogP) is 1.90. The molecule has 1 amide bonds. The van der Waals surface area contributed by atoms with Gasteiger partial charge >= 0.3 is 0 Å². The largest absolute Gasteiger partial charge is 0.493 e. The Morgan fingerprint density at radius 3 is 2.67 bits per heavy atom. The molecule has 0 aliphatic carbocycles. The van der Waals surface area contributed by atoms with Gasteiger partial charge in [-0.2, -0.15) is 0 Å². The molecule has 1 fully saturated rings. The van der Waals surface area contributed by atoms with E-state index in [1.54, 1.807) is 32.4 Å². The Morgan fingerprint density at radius 2 is 2.05 bits per heavy atom. The Morgan fingerprint density at radius 1 is 1.33 bits per heavy atom. The molecule has 5 heteroatoms. The van der Waals surface area contributed by atoms with E-state index in [2.05, 4.69) is 6.92 Å². The highest BCUT2D eigenvalue weighted by molar-refractivity contribution is 5.95. The number of nitrogens with zero attached hydrogens (tertiary/aromatic N) is 1. The smallest absolute Gasteiger partial charge is 0.254 e. The molecular weight excluding hydrogens is 268 g/mol. The molecule has 116 valence electrons. The summed E-state index contributed by atoms with van der Waals surface area (Å²) in [5.74, 6) is 1.82. The molecule has 0 spiro atoms. The quantitative estimate of drug-likeness (QED) is 0.920. The fraction of sp³-hybridized carbons (Fsp3) is 0.562. The SMILES string of the molecule is COc1ccc(C(=O)N2CCC(C)CC2CN)cc1OC. The van der Waals surface area contributed by atoms with E-state index in [1.807, 2.05) is 4.90 Å². The van der Waals surface area contributed by atoms with Crippen molar-refractivity contribution in [2.75, 3.05) is 27.3 Å². The van der Waals surface area contributed by atoms with Crippen molar-refractivity contribution in [3.63, 3.8) is 0 Å². The number of nitrogens with two attached hydrogens (primary N) is 1. The summed E-state index contributed by atoms with van der Waals surface area (Å²) in [7, 11) is 3.15. The summed E-state index contributed by atoms with van der Waals surface area (Å²) in [6.07, 6.45) is 1.99. The van der Waals surface area contributed by atoms with Crippen molar-refractivity contribution in [1.29, 1.82) is 0 Å². The van der Waals surface area contributed by atoms with Crippen LogP contribution in [0.1, 0.15) is 30.1 Å². The molecule has 1 aromatic rings. The third kappa shape index (κ3) is 3.29. The highest BCUT2D eigenvalue weighted by Gasteiger charge is 2.29. The second kappa shape index (κ2) is 6.80. The van der Waals surface area contributed by atoms with Gasteiger partial charge in [0, 0.05) is 24.7 Å². The highest BCUT2D eigenvalue weighted by Crippen LogP contribution is 2.29. The zero-order valence-electron chi connectivity index (χ0n) is 13.0. The first-order valence-corrected chi connectivity index (χ1v) is 7.33. The van der Waals surface area contributed by atoms with Gasteiger partial charge in [-0.3, -0.25) is 4.79 Å². The molecule has 1 aliphatic rings. The monoisotopic (exact) mass is 292 g/mol. The van der Waals surface area contributed by atoms with Crippen LogP contribution in [-0.4, -0.2) is 44.2 Å². The number of hydrogen-bond acceptors (Lipinski definition) is 4. The van der Waals surface area contributed by atoms with Crippen LogP contribution in [0.3, 0.4) is 0 Å². The maximum absolute atomic E-state index is 12.7. The molecular formula is C16H24N2O3. The summed E-state index contributed by atoms with van der Waals surface area (Å²) in [4.78, 5) is 14.6. The molecule has 1 saturated heterocycles. The second-order valence-corrected chi connectivity index (χ2v) is 5.59. The van der Waals surface area contributed by atoms with Crippen LogP contribution in [0.5, 0.6) is 11.5 Å². The lowest BCUT2D eigenvalue weighted by Gasteiger charge is -2.38. The summed E-state index contributed by atoms with van der Waals surface area (Å²) in [5.41, 5.74) is 6.45. The first-order valence-electron chi connectivity index (χ1n) is 7.33. The highest BCUT2D eigenvalue weighted by atomic mass is 16.5. The van der Waals surface area contributed by atoms with Crippen molar-refractivity contribution in [1.82, 2.24) is 4.90 Å². The van der Waals surface area contributed by atoms with Crippen molar-refractivity contribution in [3.05, 3.63) is 23.8 Å². The predicted molar refractivity (Wildman–Crippen MR) is 81.8 cm³/mol. The van der Waals surface area contributed by atoms with E-state index in [4.69, 9.17) is 15.2 Å². The van der Waals surface area contributed by atoms with Gasteiger partial charge in [-0.05, 0) is 37.0 Å². The normalized spacial score (nSPS) is 22.0. The van der Waals surface area contributed by atoms with E-state index in [1.165, 1.54) is 0 Å². The second-order valence-electron chi connectivity index (χ2n) is 5.59. The van der Waals surface area contributed by atoms with Crippen molar-refractivity contribution >= 4 is 5.91 Å². The molecule has 0 bridgehead atoms. The maximum Gasteiger partial charge on any atom is 0.254 e. The number of amides is 1. The molecule has 2 unspecified atom stereocenters. The summed E-state index contributed by atoms with van der Waals surface area (Å²) < 4.78 is 10.5. The molecule has 2 N–H and O–H groups in total. The number of ether oxygens (including phenoxy) is 2. The number of benzene rings is 1. The van der Waals surface area contributed by atoms with E-state index in [9.17, 15) is 4.79 Å². The molecule has 0 aromatic heterocycles. The number of carbonyl (C=O) groups excluding carboxylic acids is 1. The van der Waals surface area contributed by atoms with Crippen LogP contribution in [0, 0.1) is 5.92 Å². The van der Waals surface area contributed by atoms with Gasteiger partial charge in [-0.1, -0.05) is 6.92 Å². The molecule has 21 heavy (non-hydrogen) atoms. The van der Waals surface area contributed by atoms with Crippen molar-refractivity contribution in [2.24, 2.45) is 11.7 Å². The van der Waals surface area contributed by atoms with Crippen LogP contribution in [-0.2, 0) is 0 Å². The van der Waals surface area contributed by atoms with Crippen molar-refractivity contribution in [3.8, 4) is 11.5 Å². The van der Waals surface area contributed by atoms with Gasteiger partial charge in [-0.25, -0.2) is 0 Å². The Bertz CT molecular complexity index is 504. The number of rotatable bonds is 4. The van der Waals surface area contributed by atoms with Crippen molar-refractivity contribution in [2.45, 2.75) is 25.8 Å². The summed E-state index contributed by atoms with van der Waals surface area (Å²) in [6.45, 7) is 3.47.